The Morgan fingerprint density at radius 2 is 1.85 bits per heavy atom. The van der Waals surface area contributed by atoms with E-state index in [1.807, 2.05) is 43.3 Å². The Morgan fingerprint density at radius 3 is 2.65 bits per heavy atom. The summed E-state index contributed by atoms with van der Waals surface area (Å²) in [4.78, 5) is 4.48. The lowest BCUT2D eigenvalue weighted by atomic mass is 10.1. The molecule has 4 heteroatoms. The molecule has 20 heavy (non-hydrogen) atoms. The van der Waals surface area contributed by atoms with Gasteiger partial charge in [-0.3, -0.25) is 4.98 Å². The summed E-state index contributed by atoms with van der Waals surface area (Å²) in [6.07, 6.45) is 0. The fraction of sp³-hybridized carbons (Fsp3) is 0.0625. The number of para-hydroxylation sites is 1. The van der Waals surface area contributed by atoms with Crippen molar-refractivity contribution in [2.24, 2.45) is 0 Å². The minimum absolute atomic E-state index is 0.254. The van der Waals surface area contributed by atoms with Crippen molar-refractivity contribution in [3.8, 4) is 0 Å². The molecule has 0 amide bonds. The van der Waals surface area contributed by atoms with Crippen molar-refractivity contribution < 1.29 is 4.39 Å². The molecule has 0 aliphatic rings. The molecule has 0 spiro atoms. The van der Waals surface area contributed by atoms with Gasteiger partial charge in [0.2, 0.25) is 0 Å². The number of aromatic nitrogens is 1. The van der Waals surface area contributed by atoms with Crippen LogP contribution < -0.4 is 5.32 Å². The zero-order chi connectivity index (χ0) is 14.1. The van der Waals surface area contributed by atoms with Crippen molar-refractivity contribution in [1.82, 2.24) is 4.98 Å². The standard InChI is InChI=1S/C16H12FIN2/c1-10-8-16(12-4-2-3-5-14(12)19-10)20-15-7-6-11(18)9-13(15)17/h2-9H,1H3,(H,19,20). The summed E-state index contributed by atoms with van der Waals surface area (Å²) < 4.78 is 14.8. The molecule has 1 N–H and O–H groups in total. The molecule has 0 radical (unpaired) electrons. The number of rotatable bonds is 2. The lowest BCUT2D eigenvalue weighted by Gasteiger charge is -2.11. The van der Waals surface area contributed by atoms with Gasteiger partial charge in [-0.25, -0.2) is 4.39 Å². The summed E-state index contributed by atoms with van der Waals surface area (Å²) in [6.45, 7) is 1.93. The van der Waals surface area contributed by atoms with Crippen molar-refractivity contribution in [1.29, 1.82) is 0 Å². The maximum Gasteiger partial charge on any atom is 0.147 e. The minimum Gasteiger partial charge on any atom is -0.353 e. The van der Waals surface area contributed by atoms with Crippen LogP contribution in [0.5, 0.6) is 0 Å². The van der Waals surface area contributed by atoms with Crippen molar-refractivity contribution in [2.75, 3.05) is 5.32 Å². The molecule has 1 aromatic heterocycles. The maximum absolute atomic E-state index is 14.0. The van der Waals surface area contributed by atoms with Gasteiger partial charge in [0.25, 0.3) is 0 Å². The first kappa shape index (κ1) is 13.3. The molecule has 0 fully saturated rings. The molecule has 1 heterocycles. The topological polar surface area (TPSA) is 24.9 Å². The molecule has 2 nitrogen and oxygen atoms in total. The summed E-state index contributed by atoms with van der Waals surface area (Å²) in [7, 11) is 0. The fourth-order valence-electron chi connectivity index (χ4n) is 2.15. The van der Waals surface area contributed by atoms with Gasteiger partial charge in [0, 0.05) is 20.3 Å². The van der Waals surface area contributed by atoms with Gasteiger partial charge in [0.05, 0.1) is 11.2 Å². The number of hydrogen-bond acceptors (Lipinski definition) is 2. The smallest absolute Gasteiger partial charge is 0.147 e. The first-order chi connectivity index (χ1) is 9.63. The van der Waals surface area contributed by atoms with E-state index in [9.17, 15) is 4.39 Å². The molecular weight excluding hydrogens is 366 g/mol. The summed E-state index contributed by atoms with van der Waals surface area (Å²) >= 11 is 2.09. The van der Waals surface area contributed by atoms with Crippen LogP contribution in [-0.4, -0.2) is 4.98 Å². The molecule has 3 rings (SSSR count). The van der Waals surface area contributed by atoms with Crippen molar-refractivity contribution in [2.45, 2.75) is 6.92 Å². The number of fused-ring (bicyclic) bond motifs is 1. The Bertz CT molecular complexity index is 787. The van der Waals surface area contributed by atoms with E-state index >= 15 is 0 Å². The monoisotopic (exact) mass is 378 g/mol. The van der Waals surface area contributed by atoms with Crippen LogP contribution in [0, 0.1) is 16.3 Å². The molecule has 0 unspecified atom stereocenters. The van der Waals surface area contributed by atoms with Crippen molar-refractivity contribution >= 4 is 44.9 Å². The molecular formula is C16H12FIN2. The summed E-state index contributed by atoms with van der Waals surface area (Å²) in [5, 5.41) is 4.15. The Labute approximate surface area is 130 Å². The summed E-state index contributed by atoms with van der Waals surface area (Å²) in [5.41, 5.74) is 3.15. The molecule has 0 atom stereocenters. The van der Waals surface area contributed by atoms with Gasteiger partial charge in [0.1, 0.15) is 5.82 Å². The van der Waals surface area contributed by atoms with Gasteiger partial charge >= 0.3 is 0 Å². The molecule has 0 saturated heterocycles. The second kappa shape index (κ2) is 5.36. The molecule has 3 aromatic rings. The molecule has 0 saturated carbocycles. The number of nitrogens with zero attached hydrogens (tertiary/aromatic N) is 1. The van der Waals surface area contributed by atoms with Crippen LogP contribution >= 0.6 is 22.6 Å². The van der Waals surface area contributed by atoms with E-state index in [1.54, 1.807) is 6.07 Å². The van der Waals surface area contributed by atoms with E-state index in [0.29, 0.717) is 5.69 Å². The van der Waals surface area contributed by atoms with Gasteiger partial charge in [-0.15, -0.1) is 0 Å². The number of nitrogens with one attached hydrogen (secondary N) is 1. The lowest BCUT2D eigenvalue weighted by Crippen LogP contribution is -1.97. The van der Waals surface area contributed by atoms with E-state index in [1.165, 1.54) is 6.07 Å². The quantitative estimate of drug-likeness (QED) is 0.633. The Morgan fingerprint density at radius 1 is 1.05 bits per heavy atom. The lowest BCUT2D eigenvalue weighted by molar-refractivity contribution is 0.631. The Kier molecular flexibility index (Phi) is 3.56. The second-order valence-corrected chi connectivity index (χ2v) is 5.82. The second-order valence-electron chi connectivity index (χ2n) is 4.58. The predicted octanol–water partition coefficient (Wildman–Crippen LogP) is 5.03. The first-order valence-corrected chi connectivity index (χ1v) is 7.30. The largest absolute Gasteiger partial charge is 0.353 e. The number of halogens is 2. The van der Waals surface area contributed by atoms with Crippen molar-refractivity contribution in [3.63, 3.8) is 0 Å². The van der Waals surface area contributed by atoms with Crippen LogP contribution in [0.3, 0.4) is 0 Å². The number of pyridine rings is 1. The van der Waals surface area contributed by atoms with Crippen LogP contribution in [0.25, 0.3) is 10.9 Å². The third kappa shape index (κ3) is 2.60. The number of hydrogen-bond donors (Lipinski definition) is 1. The van der Waals surface area contributed by atoms with E-state index in [4.69, 9.17) is 0 Å². The zero-order valence-electron chi connectivity index (χ0n) is 10.8. The zero-order valence-corrected chi connectivity index (χ0v) is 13.0. The van der Waals surface area contributed by atoms with Crippen LogP contribution in [0.15, 0.2) is 48.5 Å². The highest BCUT2D eigenvalue weighted by Crippen LogP contribution is 2.28. The number of benzene rings is 2. The van der Waals surface area contributed by atoms with E-state index in [2.05, 4.69) is 32.9 Å². The van der Waals surface area contributed by atoms with Crippen LogP contribution in [0.4, 0.5) is 15.8 Å². The van der Waals surface area contributed by atoms with Gasteiger partial charge in [-0.1, -0.05) is 18.2 Å². The highest BCUT2D eigenvalue weighted by atomic mass is 127. The van der Waals surface area contributed by atoms with E-state index < -0.39 is 0 Å². The Hall–Kier alpha value is -1.69. The third-order valence-electron chi connectivity index (χ3n) is 3.04. The number of anilines is 2. The Balaban J connectivity index is 2.10. The van der Waals surface area contributed by atoms with Crippen LogP contribution in [0.2, 0.25) is 0 Å². The third-order valence-corrected chi connectivity index (χ3v) is 3.72. The molecule has 0 aliphatic carbocycles. The molecule has 0 aliphatic heterocycles. The molecule has 100 valence electrons. The average molecular weight is 378 g/mol. The number of aryl methyl sites for hydroxylation is 1. The average Bonchev–Trinajstić information content (AvgIpc) is 2.41. The van der Waals surface area contributed by atoms with Crippen molar-refractivity contribution in [3.05, 3.63) is 63.6 Å². The predicted molar refractivity (Wildman–Crippen MR) is 88.9 cm³/mol. The molecule has 2 aromatic carbocycles. The summed E-state index contributed by atoms with van der Waals surface area (Å²) in [6, 6.07) is 14.9. The molecule has 0 bridgehead atoms. The normalized spacial score (nSPS) is 10.8. The highest BCUT2D eigenvalue weighted by Gasteiger charge is 2.07. The fourth-order valence-corrected chi connectivity index (χ4v) is 2.60. The first-order valence-electron chi connectivity index (χ1n) is 6.22. The van der Waals surface area contributed by atoms with Gasteiger partial charge in [0.15, 0.2) is 0 Å². The summed E-state index contributed by atoms with van der Waals surface area (Å²) in [5.74, 6) is -0.254. The maximum atomic E-state index is 14.0. The van der Waals surface area contributed by atoms with E-state index in [-0.39, 0.29) is 5.82 Å². The van der Waals surface area contributed by atoms with Gasteiger partial charge in [-0.2, -0.15) is 0 Å². The van der Waals surface area contributed by atoms with Crippen LogP contribution in [-0.2, 0) is 0 Å². The van der Waals surface area contributed by atoms with E-state index in [0.717, 1.165) is 25.9 Å². The minimum atomic E-state index is -0.254. The highest BCUT2D eigenvalue weighted by molar-refractivity contribution is 14.1. The van der Waals surface area contributed by atoms with Gasteiger partial charge < -0.3 is 5.32 Å². The van der Waals surface area contributed by atoms with Gasteiger partial charge in [-0.05, 0) is 59.8 Å². The van der Waals surface area contributed by atoms with Crippen LogP contribution in [0.1, 0.15) is 5.69 Å². The SMILES string of the molecule is Cc1cc(Nc2ccc(I)cc2F)c2ccccc2n1.